The van der Waals surface area contributed by atoms with Crippen molar-refractivity contribution >= 4 is 23.5 Å². The standard InChI is InChI=1S/C26H23N3O2S/c30-25(31)22-13-7-10-20(16-22)18-32-26-28-23(21-11-5-2-6-12-21)17-24(29-26)27-15-14-19-8-3-1-4-9-19/h1-13,16-17H,14-15,18H2,(H,30,31)(H,27,28,29). The number of nitrogens with zero attached hydrogens (tertiary/aromatic N) is 2. The first-order valence-electron chi connectivity index (χ1n) is 10.3. The van der Waals surface area contributed by atoms with Crippen LogP contribution in [0.3, 0.4) is 0 Å². The average Bonchev–Trinajstić information content (AvgIpc) is 2.84. The molecule has 1 heterocycles. The van der Waals surface area contributed by atoms with E-state index in [0.29, 0.717) is 10.9 Å². The van der Waals surface area contributed by atoms with Crippen molar-refractivity contribution < 1.29 is 9.90 Å². The first kappa shape index (κ1) is 21.6. The van der Waals surface area contributed by atoms with Crippen LogP contribution >= 0.6 is 11.8 Å². The molecule has 0 atom stereocenters. The molecule has 0 fully saturated rings. The van der Waals surface area contributed by atoms with Crippen LogP contribution in [0.1, 0.15) is 21.5 Å². The number of carbonyl (C=O) groups is 1. The number of nitrogens with one attached hydrogen (secondary N) is 1. The van der Waals surface area contributed by atoms with Gasteiger partial charge >= 0.3 is 5.97 Å². The van der Waals surface area contributed by atoms with Gasteiger partial charge in [0.1, 0.15) is 5.82 Å². The maximum absolute atomic E-state index is 11.2. The van der Waals surface area contributed by atoms with Gasteiger partial charge in [0, 0.05) is 23.9 Å². The van der Waals surface area contributed by atoms with E-state index in [1.54, 1.807) is 18.2 Å². The van der Waals surface area contributed by atoms with Crippen molar-refractivity contribution in [2.45, 2.75) is 17.3 Å². The van der Waals surface area contributed by atoms with E-state index in [1.807, 2.05) is 60.7 Å². The predicted molar refractivity (Wildman–Crippen MR) is 129 cm³/mol. The number of aromatic nitrogens is 2. The van der Waals surface area contributed by atoms with E-state index in [1.165, 1.54) is 17.3 Å². The zero-order chi connectivity index (χ0) is 22.2. The van der Waals surface area contributed by atoms with Crippen LogP contribution in [0, 0.1) is 0 Å². The molecule has 32 heavy (non-hydrogen) atoms. The molecule has 160 valence electrons. The highest BCUT2D eigenvalue weighted by molar-refractivity contribution is 7.98. The lowest BCUT2D eigenvalue weighted by atomic mass is 10.1. The van der Waals surface area contributed by atoms with Gasteiger partial charge in [-0.3, -0.25) is 0 Å². The van der Waals surface area contributed by atoms with Gasteiger partial charge < -0.3 is 10.4 Å². The summed E-state index contributed by atoms with van der Waals surface area (Å²) in [5.41, 5.74) is 4.35. The maximum Gasteiger partial charge on any atom is 0.335 e. The van der Waals surface area contributed by atoms with E-state index >= 15 is 0 Å². The lowest BCUT2D eigenvalue weighted by Crippen LogP contribution is -2.07. The minimum Gasteiger partial charge on any atom is -0.478 e. The highest BCUT2D eigenvalue weighted by Crippen LogP contribution is 2.26. The molecule has 0 spiro atoms. The molecule has 0 aliphatic carbocycles. The van der Waals surface area contributed by atoms with Gasteiger partial charge in [-0.2, -0.15) is 0 Å². The van der Waals surface area contributed by atoms with Crippen LogP contribution in [-0.2, 0) is 12.2 Å². The molecule has 0 aliphatic heterocycles. The number of hydrogen-bond donors (Lipinski definition) is 2. The van der Waals surface area contributed by atoms with Gasteiger partial charge in [-0.15, -0.1) is 0 Å². The third-order valence-corrected chi connectivity index (χ3v) is 5.80. The lowest BCUT2D eigenvalue weighted by Gasteiger charge is -2.10. The summed E-state index contributed by atoms with van der Waals surface area (Å²) in [5, 5.41) is 13.3. The summed E-state index contributed by atoms with van der Waals surface area (Å²) < 4.78 is 0. The zero-order valence-electron chi connectivity index (χ0n) is 17.4. The minimum atomic E-state index is -0.927. The van der Waals surface area contributed by atoms with E-state index in [0.717, 1.165) is 35.6 Å². The molecule has 0 unspecified atom stereocenters. The van der Waals surface area contributed by atoms with E-state index < -0.39 is 5.97 Å². The predicted octanol–water partition coefficient (Wildman–Crippen LogP) is 5.79. The molecule has 2 N–H and O–H groups in total. The molecule has 0 amide bonds. The molecule has 6 heteroatoms. The van der Waals surface area contributed by atoms with Crippen LogP contribution < -0.4 is 5.32 Å². The summed E-state index contributed by atoms with van der Waals surface area (Å²) in [5.74, 6) is 0.434. The SMILES string of the molecule is O=C(O)c1cccc(CSc2nc(NCCc3ccccc3)cc(-c3ccccc3)n2)c1. The molecule has 0 radical (unpaired) electrons. The first-order valence-corrected chi connectivity index (χ1v) is 11.3. The van der Waals surface area contributed by atoms with Crippen LogP contribution in [0.4, 0.5) is 5.82 Å². The van der Waals surface area contributed by atoms with Crippen LogP contribution in [0.15, 0.2) is 96.2 Å². The Morgan fingerprint density at radius 2 is 1.56 bits per heavy atom. The second-order valence-electron chi connectivity index (χ2n) is 7.24. The van der Waals surface area contributed by atoms with Gasteiger partial charge in [0.2, 0.25) is 0 Å². The van der Waals surface area contributed by atoms with Gasteiger partial charge in [-0.05, 0) is 29.7 Å². The van der Waals surface area contributed by atoms with E-state index in [9.17, 15) is 9.90 Å². The van der Waals surface area contributed by atoms with Crippen molar-refractivity contribution in [3.8, 4) is 11.3 Å². The number of rotatable bonds is 9. The van der Waals surface area contributed by atoms with Crippen LogP contribution in [0.25, 0.3) is 11.3 Å². The maximum atomic E-state index is 11.2. The molecular formula is C26H23N3O2S. The van der Waals surface area contributed by atoms with Crippen molar-refractivity contribution in [1.29, 1.82) is 0 Å². The number of benzene rings is 3. The lowest BCUT2D eigenvalue weighted by molar-refractivity contribution is 0.0696. The second-order valence-corrected chi connectivity index (χ2v) is 8.19. The molecule has 5 nitrogen and oxygen atoms in total. The second kappa shape index (κ2) is 10.6. The third-order valence-electron chi connectivity index (χ3n) is 4.88. The number of anilines is 1. The smallest absolute Gasteiger partial charge is 0.335 e. The fourth-order valence-electron chi connectivity index (χ4n) is 3.26. The van der Waals surface area contributed by atoms with Crippen LogP contribution in [0.2, 0.25) is 0 Å². The summed E-state index contributed by atoms with van der Waals surface area (Å²) >= 11 is 1.49. The van der Waals surface area contributed by atoms with Crippen molar-refractivity contribution in [1.82, 2.24) is 9.97 Å². The number of aromatic carboxylic acids is 1. The summed E-state index contributed by atoms with van der Waals surface area (Å²) in [6.45, 7) is 0.764. The molecular weight excluding hydrogens is 418 g/mol. The summed E-state index contributed by atoms with van der Waals surface area (Å²) in [7, 11) is 0. The quantitative estimate of drug-likeness (QED) is 0.253. The molecule has 4 aromatic rings. The van der Waals surface area contributed by atoms with Gasteiger partial charge in [-0.1, -0.05) is 84.6 Å². The Kier molecular flexibility index (Phi) is 7.15. The molecule has 0 aliphatic rings. The largest absolute Gasteiger partial charge is 0.478 e. The number of thioether (sulfide) groups is 1. The van der Waals surface area contributed by atoms with Crippen molar-refractivity contribution in [3.63, 3.8) is 0 Å². The van der Waals surface area contributed by atoms with E-state index in [4.69, 9.17) is 4.98 Å². The molecule has 4 rings (SSSR count). The molecule has 0 saturated heterocycles. The highest BCUT2D eigenvalue weighted by atomic mass is 32.2. The van der Waals surface area contributed by atoms with E-state index in [2.05, 4.69) is 22.4 Å². The molecule has 0 saturated carbocycles. The normalized spacial score (nSPS) is 10.6. The van der Waals surface area contributed by atoms with Gasteiger partial charge in [0.15, 0.2) is 5.16 Å². The van der Waals surface area contributed by atoms with Crippen LogP contribution in [-0.4, -0.2) is 27.6 Å². The topological polar surface area (TPSA) is 75.1 Å². The molecule has 0 bridgehead atoms. The summed E-state index contributed by atoms with van der Waals surface area (Å²) in [6.07, 6.45) is 0.899. The first-order chi connectivity index (χ1) is 15.7. The minimum absolute atomic E-state index is 0.283. The van der Waals surface area contributed by atoms with Crippen molar-refractivity contribution in [2.24, 2.45) is 0 Å². The Morgan fingerprint density at radius 3 is 2.31 bits per heavy atom. The Labute approximate surface area is 191 Å². The Morgan fingerprint density at radius 1 is 0.844 bits per heavy atom. The fourth-order valence-corrected chi connectivity index (χ4v) is 4.06. The number of carboxylic acid groups (broad SMARTS) is 1. The zero-order valence-corrected chi connectivity index (χ0v) is 18.3. The van der Waals surface area contributed by atoms with Gasteiger partial charge in [-0.25, -0.2) is 14.8 Å². The Bertz CT molecular complexity index is 1180. The Balaban J connectivity index is 1.52. The number of hydrogen-bond acceptors (Lipinski definition) is 5. The summed E-state index contributed by atoms with van der Waals surface area (Å²) in [6, 6.07) is 29.3. The van der Waals surface area contributed by atoms with Crippen LogP contribution in [0.5, 0.6) is 0 Å². The van der Waals surface area contributed by atoms with Gasteiger partial charge in [0.05, 0.1) is 11.3 Å². The Hall–Kier alpha value is -3.64. The van der Waals surface area contributed by atoms with Crippen molar-refractivity contribution in [3.05, 3.63) is 108 Å². The monoisotopic (exact) mass is 441 g/mol. The highest BCUT2D eigenvalue weighted by Gasteiger charge is 2.09. The average molecular weight is 442 g/mol. The number of carboxylic acids is 1. The van der Waals surface area contributed by atoms with E-state index in [-0.39, 0.29) is 5.56 Å². The molecule has 1 aromatic heterocycles. The molecule has 3 aromatic carbocycles. The summed E-state index contributed by atoms with van der Waals surface area (Å²) in [4.78, 5) is 20.7. The van der Waals surface area contributed by atoms with Gasteiger partial charge in [0.25, 0.3) is 0 Å². The fraction of sp³-hybridized carbons (Fsp3) is 0.115. The third kappa shape index (κ3) is 5.95. The van der Waals surface area contributed by atoms with Crippen molar-refractivity contribution in [2.75, 3.05) is 11.9 Å².